The summed E-state index contributed by atoms with van der Waals surface area (Å²) < 4.78 is 1.52. The van der Waals surface area contributed by atoms with E-state index in [9.17, 15) is 19.5 Å². The fourth-order valence-corrected chi connectivity index (χ4v) is 3.78. The number of benzene rings is 1. The zero-order valence-corrected chi connectivity index (χ0v) is 17.5. The van der Waals surface area contributed by atoms with Crippen molar-refractivity contribution in [1.82, 2.24) is 15.1 Å². The van der Waals surface area contributed by atoms with Gasteiger partial charge in [-0.05, 0) is 69.2 Å². The Morgan fingerprint density at radius 3 is 2.23 bits per heavy atom. The first kappa shape index (κ1) is 21.5. The molecule has 3 rings (SSSR count). The summed E-state index contributed by atoms with van der Waals surface area (Å²) >= 11 is 0. The maximum atomic E-state index is 12.4. The number of carboxylic acid groups (broad SMARTS) is 1. The maximum Gasteiger partial charge on any atom is 0.328 e. The highest BCUT2D eigenvalue weighted by molar-refractivity contribution is 6.03. The van der Waals surface area contributed by atoms with E-state index in [0.717, 1.165) is 25.7 Å². The van der Waals surface area contributed by atoms with E-state index in [4.69, 9.17) is 0 Å². The van der Waals surface area contributed by atoms with Gasteiger partial charge in [0, 0.05) is 24.8 Å². The zero-order chi connectivity index (χ0) is 21.9. The van der Waals surface area contributed by atoms with E-state index in [-0.39, 0.29) is 17.7 Å². The molecule has 1 aliphatic carbocycles. The zero-order valence-electron chi connectivity index (χ0n) is 17.5. The van der Waals surface area contributed by atoms with Crippen LogP contribution in [0.4, 0.5) is 5.69 Å². The molecule has 0 aliphatic heterocycles. The van der Waals surface area contributed by atoms with E-state index >= 15 is 0 Å². The smallest absolute Gasteiger partial charge is 0.328 e. The fourth-order valence-electron chi connectivity index (χ4n) is 3.78. The number of anilines is 1. The molecule has 8 heteroatoms. The van der Waals surface area contributed by atoms with E-state index in [1.54, 1.807) is 19.3 Å². The molecule has 1 saturated carbocycles. The SMILES string of the molecule is Cn1nccc1C(=O)Nc1ccc(C2CCC(C(=O)NC(C)(C)C(=O)O)CC2)cc1. The highest BCUT2D eigenvalue weighted by Gasteiger charge is 2.33. The van der Waals surface area contributed by atoms with Crippen LogP contribution in [-0.2, 0) is 16.6 Å². The van der Waals surface area contributed by atoms with Gasteiger partial charge < -0.3 is 15.7 Å². The Morgan fingerprint density at radius 1 is 1.07 bits per heavy atom. The number of nitrogens with one attached hydrogen (secondary N) is 2. The predicted molar refractivity (Wildman–Crippen MR) is 112 cm³/mol. The number of nitrogens with zero attached hydrogens (tertiary/aromatic N) is 2. The Labute approximate surface area is 175 Å². The van der Waals surface area contributed by atoms with Crippen LogP contribution in [0.1, 0.15) is 61.5 Å². The highest BCUT2D eigenvalue weighted by atomic mass is 16.4. The number of hydrogen-bond donors (Lipinski definition) is 3. The average Bonchev–Trinajstić information content (AvgIpc) is 3.14. The third-order valence-electron chi connectivity index (χ3n) is 5.76. The standard InChI is InChI=1S/C22H28N4O4/c1-22(2,21(29)30)25-19(27)16-6-4-14(5-7-16)15-8-10-17(11-9-15)24-20(28)18-12-13-23-26(18)3/h8-14,16H,4-7H2,1-3H3,(H,24,28)(H,25,27)(H,29,30). The Hall–Kier alpha value is -3.16. The van der Waals surface area contributed by atoms with Crippen LogP contribution in [0, 0.1) is 5.92 Å². The van der Waals surface area contributed by atoms with E-state index < -0.39 is 11.5 Å². The van der Waals surface area contributed by atoms with Crippen LogP contribution in [0.25, 0.3) is 0 Å². The van der Waals surface area contributed by atoms with Crippen molar-refractivity contribution in [2.24, 2.45) is 13.0 Å². The summed E-state index contributed by atoms with van der Waals surface area (Å²) in [5.74, 6) is -1.24. The number of carboxylic acids is 1. The summed E-state index contributed by atoms with van der Waals surface area (Å²) in [5, 5.41) is 18.7. The number of carbonyl (C=O) groups is 3. The van der Waals surface area contributed by atoms with Gasteiger partial charge in [0.1, 0.15) is 11.2 Å². The molecule has 1 aliphatic rings. The average molecular weight is 412 g/mol. The normalized spacial score (nSPS) is 19.2. The van der Waals surface area contributed by atoms with E-state index in [0.29, 0.717) is 17.3 Å². The first-order valence-electron chi connectivity index (χ1n) is 10.1. The Morgan fingerprint density at radius 2 is 1.70 bits per heavy atom. The molecule has 1 fully saturated rings. The van der Waals surface area contributed by atoms with Crippen LogP contribution >= 0.6 is 0 Å². The lowest BCUT2D eigenvalue weighted by Crippen LogP contribution is -2.51. The van der Waals surface area contributed by atoms with Crippen LogP contribution in [-0.4, -0.2) is 38.2 Å². The van der Waals surface area contributed by atoms with E-state index in [1.165, 1.54) is 24.1 Å². The van der Waals surface area contributed by atoms with Gasteiger partial charge in [-0.15, -0.1) is 0 Å². The Kier molecular flexibility index (Phi) is 6.24. The van der Waals surface area contributed by atoms with Gasteiger partial charge in [-0.2, -0.15) is 5.10 Å². The third-order valence-corrected chi connectivity index (χ3v) is 5.76. The highest BCUT2D eigenvalue weighted by Crippen LogP contribution is 2.36. The summed E-state index contributed by atoms with van der Waals surface area (Å²) in [5.41, 5.74) is 1.12. The van der Waals surface area contributed by atoms with Crippen molar-refractivity contribution < 1.29 is 19.5 Å². The number of rotatable bonds is 6. The second kappa shape index (κ2) is 8.69. The molecule has 2 aromatic rings. The van der Waals surface area contributed by atoms with Crippen molar-refractivity contribution in [3.8, 4) is 0 Å². The maximum absolute atomic E-state index is 12.4. The summed E-state index contributed by atoms with van der Waals surface area (Å²) in [4.78, 5) is 35.9. The minimum absolute atomic E-state index is 0.155. The summed E-state index contributed by atoms with van der Waals surface area (Å²) in [6.07, 6.45) is 4.77. The number of aliphatic carboxylic acids is 1. The third kappa shape index (κ3) is 4.87. The molecule has 160 valence electrons. The monoisotopic (exact) mass is 412 g/mol. The van der Waals surface area contributed by atoms with Crippen LogP contribution in [0.15, 0.2) is 36.5 Å². The summed E-state index contributed by atoms with van der Waals surface area (Å²) in [7, 11) is 1.72. The summed E-state index contributed by atoms with van der Waals surface area (Å²) in [6.45, 7) is 2.99. The van der Waals surface area contributed by atoms with Crippen molar-refractivity contribution in [1.29, 1.82) is 0 Å². The quantitative estimate of drug-likeness (QED) is 0.675. The van der Waals surface area contributed by atoms with Crippen molar-refractivity contribution >= 4 is 23.5 Å². The van der Waals surface area contributed by atoms with E-state index in [2.05, 4.69) is 15.7 Å². The van der Waals surface area contributed by atoms with Crippen LogP contribution in [0.5, 0.6) is 0 Å². The molecule has 3 N–H and O–H groups in total. The molecule has 0 saturated heterocycles. The van der Waals surface area contributed by atoms with Gasteiger partial charge in [0.15, 0.2) is 0 Å². The van der Waals surface area contributed by atoms with Crippen LogP contribution < -0.4 is 10.6 Å². The lowest BCUT2D eigenvalue weighted by molar-refractivity contribution is -0.146. The Bertz CT molecular complexity index is 925. The predicted octanol–water partition coefficient (Wildman–Crippen LogP) is 2.93. The molecule has 0 unspecified atom stereocenters. The van der Waals surface area contributed by atoms with Crippen molar-refractivity contribution in [3.63, 3.8) is 0 Å². The van der Waals surface area contributed by atoms with Gasteiger partial charge in [-0.25, -0.2) is 4.79 Å². The van der Waals surface area contributed by atoms with Crippen LogP contribution in [0.2, 0.25) is 0 Å². The van der Waals surface area contributed by atoms with Gasteiger partial charge in [-0.3, -0.25) is 14.3 Å². The topological polar surface area (TPSA) is 113 Å². The minimum atomic E-state index is -1.26. The lowest BCUT2D eigenvalue weighted by atomic mass is 9.78. The molecule has 0 bridgehead atoms. The molecule has 0 spiro atoms. The molecule has 1 aromatic heterocycles. The largest absolute Gasteiger partial charge is 0.480 e. The molecule has 1 aromatic carbocycles. The molecular formula is C22H28N4O4. The lowest BCUT2D eigenvalue weighted by Gasteiger charge is -2.30. The Balaban J connectivity index is 1.53. The van der Waals surface area contributed by atoms with E-state index in [1.807, 2.05) is 24.3 Å². The van der Waals surface area contributed by atoms with Gasteiger partial charge in [0.25, 0.3) is 5.91 Å². The number of aromatic nitrogens is 2. The number of aryl methyl sites for hydroxylation is 1. The first-order valence-corrected chi connectivity index (χ1v) is 10.1. The first-order chi connectivity index (χ1) is 14.2. The molecule has 1 heterocycles. The minimum Gasteiger partial charge on any atom is -0.480 e. The van der Waals surface area contributed by atoms with Crippen molar-refractivity contribution in [2.75, 3.05) is 5.32 Å². The molecule has 8 nitrogen and oxygen atoms in total. The van der Waals surface area contributed by atoms with Gasteiger partial charge in [-0.1, -0.05) is 12.1 Å². The fraction of sp³-hybridized carbons (Fsp3) is 0.455. The number of hydrogen-bond acceptors (Lipinski definition) is 4. The van der Waals surface area contributed by atoms with Gasteiger partial charge in [0.05, 0.1) is 0 Å². The molecule has 0 atom stereocenters. The molecule has 30 heavy (non-hydrogen) atoms. The molecular weight excluding hydrogens is 384 g/mol. The number of carbonyl (C=O) groups excluding carboxylic acids is 2. The summed E-state index contributed by atoms with van der Waals surface area (Å²) in [6, 6.07) is 9.46. The molecule has 2 amide bonds. The van der Waals surface area contributed by atoms with Crippen molar-refractivity contribution in [2.45, 2.75) is 51.0 Å². The van der Waals surface area contributed by atoms with Crippen molar-refractivity contribution in [3.05, 3.63) is 47.8 Å². The van der Waals surface area contributed by atoms with Gasteiger partial charge in [0.2, 0.25) is 5.91 Å². The number of amides is 2. The second-order valence-corrected chi connectivity index (χ2v) is 8.38. The molecule has 0 radical (unpaired) electrons. The second-order valence-electron chi connectivity index (χ2n) is 8.38. The van der Waals surface area contributed by atoms with Crippen LogP contribution in [0.3, 0.4) is 0 Å². The van der Waals surface area contributed by atoms with Gasteiger partial charge >= 0.3 is 5.97 Å².